The van der Waals surface area contributed by atoms with Gasteiger partial charge in [0.25, 0.3) is 5.91 Å². The summed E-state index contributed by atoms with van der Waals surface area (Å²) in [6.07, 6.45) is 2.80. The number of hydrogen-bond donors (Lipinski definition) is 3. The Morgan fingerprint density at radius 2 is 1.93 bits per heavy atom. The number of amides is 1. The molecule has 0 unspecified atom stereocenters. The van der Waals surface area contributed by atoms with Gasteiger partial charge in [-0.25, -0.2) is 4.39 Å². The predicted molar refractivity (Wildman–Crippen MR) is 117 cm³/mol. The van der Waals surface area contributed by atoms with Gasteiger partial charge in [-0.1, -0.05) is 18.2 Å². The van der Waals surface area contributed by atoms with E-state index >= 15 is 0 Å². The van der Waals surface area contributed by atoms with Crippen LogP contribution in [0.1, 0.15) is 16.7 Å². The highest BCUT2D eigenvalue weighted by atomic mass is 32.2. The molecule has 2 aromatic rings. The van der Waals surface area contributed by atoms with Crippen molar-refractivity contribution in [2.75, 3.05) is 26.5 Å². The van der Waals surface area contributed by atoms with Gasteiger partial charge in [-0.05, 0) is 53.6 Å². The molecule has 1 amide bonds. The zero-order valence-electron chi connectivity index (χ0n) is 16.7. The quantitative estimate of drug-likeness (QED) is 0.407. The van der Waals surface area contributed by atoms with Crippen LogP contribution in [0.25, 0.3) is 0 Å². The summed E-state index contributed by atoms with van der Waals surface area (Å²) in [4.78, 5) is 15.0. The molecule has 29 heavy (non-hydrogen) atoms. The number of rotatable bonds is 10. The second-order valence-electron chi connectivity index (χ2n) is 6.35. The van der Waals surface area contributed by atoms with Gasteiger partial charge >= 0.3 is 0 Å². The molecule has 2 rings (SSSR count). The van der Waals surface area contributed by atoms with Crippen LogP contribution in [0.3, 0.4) is 0 Å². The van der Waals surface area contributed by atoms with E-state index in [4.69, 9.17) is 10.5 Å². The Morgan fingerprint density at radius 1 is 1.17 bits per heavy atom. The number of carbonyl (C=O) groups excluding carboxylic acids is 1. The Balaban J connectivity index is 1.80. The molecular formula is C21H27FN4O2S. The van der Waals surface area contributed by atoms with Crippen molar-refractivity contribution in [3.63, 3.8) is 0 Å². The third-order valence-electron chi connectivity index (χ3n) is 4.15. The Morgan fingerprint density at radius 3 is 2.59 bits per heavy atom. The van der Waals surface area contributed by atoms with Crippen molar-refractivity contribution in [1.29, 1.82) is 0 Å². The lowest BCUT2D eigenvalue weighted by Gasteiger charge is -2.14. The molecule has 0 radical (unpaired) electrons. The van der Waals surface area contributed by atoms with E-state index in [0.717, 1.165) is 28.9 Å². The molecule has 0 bridgehead atoms. The topological polar surface area (TPSA) is 88.7 Å². The van der Waals surface area contributed by atoms with Gasteiger partial charge in [0.1, 0.15) is 11.6 Å². The average molecular weight is 419 g/mol. The highest BCUT2D eigenvalue weighted by Crippen LogP contribution is 2.16. The normalized spacial score (nSPS) is 11.2. The van der Waals surface area contributed by atoms with Crippen LogP contribution in [0.4, 0.5) is 4.39 Å². The van der Waals surface area contributed by atoms with Crippen molar-refractivity contribution in [3.05, 3.63) is 65.0 Å². The standard InChI is InChI=1S/C21H27FN4O2S/c1-24-21(26-12-16-5-6-18(22)11-17(16)14-29-2)25-10-9-15-3-7-19(8-4-15)28-13-20(23)27/h3-8,11H,9-10,12-14H2,1-2H3,(H2,23,27)(H2,24,25,26). The summed E-state index contributed by atoms with van der Waals surface area (Å²) in [5, 5.41) is 6.54. The van der Waals surface area contributed by atoms with Gasteiger partial charge in [0.15, 0.2) is 12.6 Å². The highest BCUT2D eigenvalue weighted by Gasteiger charge is 2.06. The summed E-state index contributed by atoms with van der Waals surface area (Å²) in [7, 11) is 1.72. The highest BCUT2D eigenvalue weighted by molar-refractivity contribution is 7.97. The third-order valence-corrected chi connectivity index (χ3v) is 4.75. The van der Waals surface area contributed by atoms with Crippen molar-refractivity contribution in [2.45, 2.75) is 18.7 Å². The Labute approximate surface area is 175 Å². The predicted octanol–water partition coefficient (Wildman–Crippen LogP) is 2.46. The number of nitrogens with zero attached hydrogens (tertiary/aromatic N) is 1. The minimum Gasteiger partial charge on any atom is -0.484 e. The number of ether oxygens (including phenoxy) is 1. The molecule has 0 heterocycles. The van der Waals surface area contributed by atoms with Gasteiger partial charge in [-0.3, -0.25) is 9.79 Å². The van der Waals surface area contributed by atoms with Gasteiger partial charge < -0.3 is 21.1 Å². The lowest BCUT2D eigenvalue weighted by Crippen LogP contribution is -2.38. The number of aliphatic imine (C=N–C) groups is 1. The first-order valence-corrected chi connectivity index (χ1v) is 10.6. The first-order chi connectivity index (χ1) is 14.0. The fraction of sp³-hybridized carbons (Fsp3) is 0.333. The van der Waals surface area contributed by atoms with Crippen LogP contribution in [0.5, 0.6) is 5.75 Å². The van der Waals surface area contributed by atoms with Gasteiger partial charge in [0.05, 0.1) is 0 Å². The van der Waals surface area contributed by atoms with Gasteiger partial charge in [-0.15, -0.1) is 0 Å². The van der Waals surface area contributed by atoms with E-state index in [1.807, 2.05) is 36.6 Å². The Bertz CT molecular complexity index is 828. The molecule has 0 spiro atoms. The monoisotopic (exact) mass is 418 g/mol. The van der Waals surface area contributed by atoms with Crippen molar-refractivity contribution < 1.29 is 13.9 Å². The number of benzene rings is 2. The average Bonchev–Trinajstić information content (AvgIpc) is 2.71. The Hall–Kier alpha value is -2.74. The van der Waals surface area contributed by atoms with Crippen LogP contribution in [0.15, 0.2) is 47.5 Å². The molecule has 8 heteroatoms. The van der Waals surface area contributed by atoms with Crippen molar-refractivity contribution in [2.24, 2.45) is 10.7 Å². The fourth-order valence-electron chi connectivity index (χ4n) is 2.69. The molecule has 0 atom stereocenters. The maximum atomic E-state index is 13.5. The van der Waals surface area contributed by atoms with E-state index in [9.17, 15) is 9.18 Å². The van der Waals surface area contributed by atoms with Crippen LogP contribution in [0.2, 0.25) is 0 Å². The lowest BCUT2D eigenvalue weighted by atomic mass is 10.1. The van der Waals surface area contributed by atoms with Gasteiger partial charge in [0.2, 0.25) is 0 Å². The van der Waals surface area contributed by atoms with E-state index < -0.39 is 5.91 Å². The van der Waals surface area contributed by atoms with E-state index in [1.165, 1.54) is 6.07 Å². The summed E-state index contributed by atoms with van der Waals surface area (Å²) >= 11 is 1.66. The summed E-state index contributed by atoms with van der Waals surface area (Å²) < 4.78 is 18.7. The minimum atomic E-state index is -0.502. The second-order valence-corrected chi connectivity index (χ2v) is 7.21. The lowest BCUT2D eigenvalue weighted by molar-refractivity contribution is -0.119. The number of guanidine groups is 1. The van der Waals surface area contributed by atoms with Crippen LogP contribution >= 0.6 is 11.8 Å². The molecule has 0 aliphatic heterocycles. The second kappa shape index (κ2) is 12.0. The van der Waals surface area contributed by atoms with Crippen LogP contribution in [0, 0.1) is 5.82 Å². The smallest absolute Gasteiger partial charge is 0.255 e. The molecular weight excluding hydrogens is 391 g/mol. The third kappa shape index (κ3) is 8.03. The largest absolute Gasteiger partial charge is 0.484 e. The summed E-state index contributed by atoms with van der Waals surface area (Å²) in [6, 6.07) is 12.4. The van der Waals surface area contributed by atoms with Crippen molar-refractivity contribution >= 4 is 23.6 Å². The molecule has 0 saturated heterocycles. The molecule has 0 aliphatic carbocycles. The number of primary amides is 1. The minimum absolute atomic E-state index is 0.129. The summed E-state index contributed by atoms with van der Waals surface area (Å²) in [5.74, 6) is 1.34. The van der Waals surface area contributed by atoms with Crippen LogP contribution in [-0.4, -0.2) is 38.3 Å². The fourth-order valence-corrected chi connectivity index (χ4v) is 3.27. The molecule has 0 fully saturated rings. The summed E-state index contributed by atoms with van der Waals surface area (Å²) in [5.41, 5.74) is 8.22. The van der Waals surface area contributed by atoms with Crippen LogP contribution < -0.4 is 21.1 Å². The number of nitrogens with one attached hydrogen (secondary N) is 2. The first kappa shape index (κ1) is 22.5. The van der Waals surface area contributed by atoms with E-state index in [0.29, 0.717) is 24.8 Å². The van der Waals surface area contributed by atoms with Crippen LogP contribution in [-0.2, 0) is 23.5 Å². The number of thioether (sulfide) groups is 1. The number of carbonyl (C=O) groups is 1. The molecule has 0 aromatic heterocycles. The first-order valence-electron chi connectivity index (χ1n) is 9.22. The van der Waals surface area contributed by atoms with E-state index in [1.54, 1.807) is 24.9 Å². The zero-order chi connectivity index (χ0) is 21.1. The zero-order valence-corrected chi connectivity index (χ0v) is 17.5. The summed E-state index contributed by atoms with van der Waals surface area (Å²) in [6.45, 7) is 1.14. The maximum Gasteiger partial charge on any atom is 0.255 e. The van der Waals surface area contributed by atoms with Crippen molar-refractivity contribution in [3.8, 4) is 5.75 Å². The molecule has 2 aromatic carbocycles. The maximum absolute atomic E-state index is 13.5. The number of nitrogens with two attached hydrogens (primary N) is 1. The molecule has 0 aliphatic rings. The van der Waals surface area contributed by atoms with E-state index in [2.05, 4.69) is 15.6 Å². The molecule has 4 N–H and O–H groups in total. The van der Waals surface area contributed by atoms with Crippen molar-refractivity contribution in [1.82, 2.24) is 10.6 Å². The Kier molecular flexibility index (Phi) is 9.30. The van der Waals surface area contributed by atoms with Gasteiger partial charge in [0, 0.05) is 25.9 Å². The van der Waals surface area contributed by atoms with Gasteiger partial charge in [-0.2, -0.15) is 11.8 Å². The van der Waals surface area contributed by atoms with E-state index in [-0.39, 0.29) is 12.4 Å². The number of halogens is 1. The molecule has 0 saturated carbocycles. The SMILES string of the molecule is CN=C(NCCc1ccc(OCC(N)=O)cc1)NCc1ccc(F)cc1CSC. The number of hydrogen-bond acceptors (Lipinski definition) is 4. The molecule has 6 nitrogen and oxygen atoms in total. The molecule has 156 valence electrons.